The van der Waals surface area contributed by atoms with E-state index in [0.29, 0.717) is 23.4 Å². The smallest absolute Gasteiger partial charge is 0.277 e. The van der Waals surface area contributed by atoms with Gasteiger partial charge in [0.25, 0.3) is 5.56 Å². The maximum absolute atomic E-state index is 13.4. The number of nitrogens with zero attached hydrogens (tertiary/aromatic N) is 3. The van der Waals surface area contributed by atoms with Crippen molar-refractivity contribution in [1.82, 2.24) is 14.5 Å². The van der Waals surface area contributed by atoms with Gasteiger partial charge in [-0.3, -0.25) is 15.1 Å². The van der Waals surface area contributed by atoms with Gasteiger partial charge in [0.1, 0.15) is 11.5 Å². The first-order chi connectivity index (χ1) is 15.1. The Kier molecular flexibility index (Phi) is 6.74. The van der Waals surface area contributed by atoms with E-state index in [0.717, 1.165) is 63.1 Å². The molecule has 0 amide bonds. The first-order valence-electron chi connectivity index (χ1n) is 10.9. The average Bonchev–Trinajstić information content (AvgIpc) is 2.80. The number of aromatic nitrogens is 2. The number of aryl methyl sites for hydroxylation is 1. The number of fused-ring (bicyclic) bond motifs is 1. The molecule has 162 valence electrons. The van der Waals surface area contributed by atoms with E-state index >= 15 is 0 Å². The Morgan fingerprint density at radius 3 is 2.61 bits per heavy atom. The van der Waals surface area contributed by atoms with Crippen LogP contribution in [0.15, 0.2) is 53.3 Å². The minimum Gasteiger partial charge on any atom is -0.384 e. The van der Waals surface area contributed by atoms with Crippen LogP contribution in [0.1, 0.15) is 24.8 Å². The summed E-state index contributed by atoms with van der Waals surface area (Å²) in [6, 6.07) is 14.9. The molecule has 4 rings (SSSR count). The number of hydrogen-bond donors (Lipinski definition) is 2. The maximum atomic E-state index is 13.4. The molecule has 31 heavy (non-hydrogen) atoms. The first kappa shape index (κ1) is 21.2. The number of ether oxygens (including phenoxy) is 1. The highest BCUT2D eigenvalue weighted by atomic mass is 16.5. The normalized spacial score (nSPS) is 14.7. The molecule has 0 bridgehead atoms. The van der Waals surface area contributed by atoms with Crippen molar-refractivity contribution in [2.75, 3.05) is 32.8 Å². The maximum Gasteiger partial charge on any atom is 0.277 e. The van der Waals surface area contributed by atoms with Crippen molar-refractivity contribution in [1.29, 1.82) is 5.41 Å². The van der Waals surface area contributed by atoms with Crippen LogP contribution in [-0.2, 0) is 11.3 Å². The third-order valence-electron chi connectivity index (χ3n) is 5.76. The average molecular weight is 420 g/mol. The second kappa shape index (κ2) is 9.85. The number of rotatable bonds is 8. The van der Waals surface area contributed by atoms with Crippen molar-refractivity contribution >= 4 is 16.9 Å². The Morgan fingerprint density at radius 2 is 1.81 bits per heavy atom. The molecule has 0 saturated carbocycles. The van der Waals surface area contributed by atoms with Crippen LogP contribution < -0.4 is 11.3 Å². The number of hydrogen-bond acceptors (Lipinski definition) is 5. The van der Waals surface area contributed by atoms with Gasteiger partial charge < -0.3 is 15.0 Å². The van der Waals surface area contributed by atoms with Crippen LogP contribution >= 0.6 is 0 Å². The van der Waals surface area contributed by atoms with E-state index in [4.69, 9.17) is 15.9 Å². The highest BCUT2D eigenvalue weighted by molar-refractivity contribution is 5.96. The predicted octanol–water partition coefficient (Wildman–Crippen LogP) is 2.85. The molecular formula is C24H29N5O2. The monoisotopic (exact) mass is 419 g/mol. The van der Waals surface area contributed by atoms with Crippen molar-refractivity contribution in [3.05, 3.63) is 64.4 Å². The van der Waals surface area contributed by atoms with E-state index in [-0.39, 0.29) is 11.4 Å². The summed E-state index contributed by atoms with van der Waals surface area (Å²) in [5.41, 5.74) is 8.84. The molecule has 7 heteroatoms. The van der Waals surface area contributed by atoms with Gasteiger partial charge in [-0.25, -0.2) is 4.98 Å². The number of nitrogens with two attached hydrogens (primary N) is 1. The predicted molar refractivity (Wildman–Crippen MR) is 124 cm³/mol. The molecule has 1 aromatic heterocycles. The molecule has 1 fully saturated rings. The van der Waals surface area contributed by atoms with Crippen molar-refractivity contribution < 1.29 is 4.74 Å². The molecule has 0 spiro atoms. The van der Waals surface area contributed by atoms with Gasteiger partial charge in [-0.15, -0.1) is 0 Å². The molecule has 0 aliphatic carbocycles. The molecule has 2 heterocycles. The van der Waals surface area contributed by atoms with Crippen molar-refractivity contribution in [2.24, 2.45) is 5.73 Å². The Hall–Kier alpha value is -3.03. The van der Waals surface area contributed by atoms with Gasteiger partial charge in [-0.05, 0) is 37.6 Å². The Bertz CT molecular complexity index is 1120. The van der Waals surface area contributed by atoms with E-state index < -0.39 is 0 Å². The Morgan fingerprint density at radius 1 is 1.03 bits per heavy atom. The fourth-order valence-electron chi connectivity index (χ4n) is 4.04. The molecule has 0 atom stereocenters. The largest absolute Gasteiger partial charge is 0.384 e. The summed E-state index contributed by atoms with van der Waals surface area (Å²) in [6.45, 7) is 5.41. The second-order valence-electron chi connectivity index (χ2n) is 7.92. The molecule has 2 aromatic carbocycles. The van der Waals surface area contributed by atoms with Crippen LogP contribution in [0.2, 0.25) is 0 Å². The molecule has 0 unspecified atom stereocenters. The van der Waals surface area contributed by atoms with Crippen LogP contribution in [0.5, 0.6) is 0 Å². The zero-order valence-electron chi connectivity index (χ0n) is 17.7. The Labute approximate surface area is 182 Å². The van der Waals surface area contributed by atoms with E-state index in [1.165, 1.54) is 0 Å². The van der Waals surface area contributed by atoms with Crippen LogP contribution in [0.25, 0.3) is 22.3 Å². The highest BCUT2D eigenvalue weighted by Crippen LogP contribution is 2.19. The van der Waals surface area contributed by atoms with Crippen LogP contribution in [0.4, 0.5) is 0 Å². The minimum absolute atomic E-state index is 0.0248. The molecule has 0 radical (unpaired) electrons. The van der Waals surface area contributed by atoms with Crippen molar-refractivity contribution in [3.63, 3.8) is 0 Å². The van der Waals surface area contributed by atoms with Crippen molar-refractivity contribution in [2.45, 2.75) is 25.8 Å². The first-order valence-corrected chi connectivity index (χ1v) is 10.9. The lowest BCUT2D eigenvalue weighted by atomic mass is 10.1. The number of para-hydroxylation sites is 2. The summed E-state index contributed by atoms with van der Waals surface area (Å²) in [5, 5.41) is 7.69. The SMILES string of the molecule is N=C(N)c1cccc(-c2nc3ccccc3n(CCCCCN3CCOCC3)c2=O)c1. The van der Waals surface area contributed by atoms with Crippen LogP contribution in [0.3, 0.4) is 0 Å². The lowest BCUT2D eigenvalue weighted by Gasteiger charge is -2.26. The number of benzene rings is 2. The molecule has 1 aliphatic rings. The topological polar surface area (TPSA) is 97.2 Å². The fraction of sp³-hybridized carbons (Fsp3) is 0.375. The highest BCUT2D eigenvalue weighted by Gasteiger charge is 2.14. The van der Waals surface area contributed by atoms with Crippen LogP contribution in [-0.4, -0.2) is 53.1 Å². The van der Waals surface area contributed by atoms with E-state index in [9.17, 15) is 4.79 Å². The van der Waals surface area contributed by atoms with Gasteiger partial charge in [0.2, 0.25) is 0 Å². The molecule has 3 N–H and O–H groups in total. The lowest BCUT2D eigenvalue weighted by Crippen LogP contribution is -2.36. The molecule has 3 aromatic rings. The summed E-state index contributed by atoms with van der Waals surface area (Å²) in [7, 11) is 0. The number of nitrogen functional groups attached to an aromatic ring is 1. The lowest BCUT2D eigenvalue weighted by molar-refractivity contribution is 0.0371. The number of morpholine rings is 1. The molecule has 1 saturated heterocycles. The summed E-state index contributed by atoms with van der Waals surface area (Å²) < 4.78 is 7.24. The molecule has 7 nitrogen and oxygen atoms in total. The summed E-state index contributed by atoms with van der Waals surface area (Å²) in [6.07, 6.45) is 3.12. The van der Waals surface area contributed by atoms with Gasteiger partial charge in [-0.1, -0.05) is 36.8 Å². The summed E-state index contributed by atoms with van der Waals surface area (Å²) in [5.74, 6) is -0.0248. The van der Waals surface area contributed by atoms with Gasteiger partial charge in [0.05, 0.1) is 24.2 Å². The van der Waals surface area contributed by atoms with Crippen molar-refractivity contribution in [3.8, 4) is 11.3 Å². The zero-order chi connectivity index (χ0) is 21.6. The van der Waals surface area contributed by atoms with Gasteiger partial charge in [-0.2, -0.15) is 0 Å². The Balaban J connectivity index is 1.54. The number of amidine groups is 1. The molecule has 1 aliphatic heterocycles. The number of nitrogens with one attached hydrogen (secondary N) is 1. The van der Waals surface area contributed by atoms with Gasteiger partial charge in [0.15, 0.2) is 0 Å². The van der Waals surface area contributed by atoms with E-state index in [2.05, 4.69) is 9.88 Å². The van der Waals surface area contributed by atoms with Crippen LogP contribution in [0, 0.1) is 5.41 Å². The summed E-state index contributed by atoms with van der Waals surface area (Å²) >= 11 is 0. The second-order valence-corrected chi connectivity index (χ2v) is 7.92. The quantitative estimate of drug-likeness (QED) is 0.332. The summed E-state index contributed by atoms with van der Waals surface area (Å²) in [4.78, 5) is 20.5. The standard InChI is InChI=1S/C24H29N5O2/c25-23(26)19-8-6-7-18(17-19)22-24(30)29(21-10-3-2-9-20(21)27-22)12-5-1-4-11-28-13-15-31-16-14-28/h2-3,6-10,17H,1,4-5,11-16H2,(H3,25,26). The third-order valence-corrected chi connectivity index (χ3v) is 5.76. The minimum atomic E-state index is -0.104. The zero-order valence-corrected chi connectivity index (χ0v) is 17.7. The van der Waals surface area contributed by atoms with Gasteiger partial charge in [0, 0.05) is 30.8 Å². The van der Waals surface area contributed by atoms with Gasteiger partial charge >= 0.3 is 0 Å². The third kappa shape index (κ3) is 5.00. The number of unbranched alkanes of at least 4 members (excludes halogenated alkanes) is 2. The molecular weight excluding hydrogens is 390 g/mol. The fourth-order valence-corrected chi connectivity index (χ4v) is 4.04. The van der Waals surface area contributed by atoms with E-state index in [1.54, 1.807) is 18.2 Å². The van der Waals surface area contributed by atoms with E-state index in [1.807, 2.05) is 34.9 Å².